The van der Waals surface area contributed by atoms with E-state index in [1.165, 1.54) is 0 Å². The number of rotatable bonds is 11. The van der Waals surface area contributed by atoms with E-state index in [2.05, 4.69) is 15.6 Å². The molecular formula is C25H27N3O5. The summed E-state index contributed by atoms with van der Waals surface area (Å²) in [6.45, 7) is 0.0901. The zero-order valence-electron chi connectivity index (χ0n) is 18.2. The largest absolute Gasteiger partial charge is 0.481 e. The van der Waals surface area contributed by atoms with Crippen molar-refractivity contribution in [3.8, 4) is 0 Å². The minimum atomic E-state index is -0.852. The van der Waals surface area contributed by atoms with Crippen molar-refractivity contribution in [1.29, 1.82) is 0 Å². The fourth-order valence-electron chi connectivity index (χ4n) is 3.40. The molecule has 1 heterocycles. The van der Waals surface area contributed by atoms with Crippen LogP contribution in [0.15, 0.2) is 66.9 Å². The summed E-state index contributed by atoms with van der Waals surface area (Å²) in [4.78, 5) is 40.4. The number of aromatic nitrogens is 1. The van der Waals surface area contributed by atoms with Crippen LogP contribution in [0.4, 0.5) is 10.5 Å². The van der Waals surface area contributed by atoms with Crippen molar-refractivity contribution in [1.82, 2.24) is 10.3 Å². The lowest BCUT2D eigenvalue weighted by atomic mass is 10.1. The maximum Gasteiger partial charge on any atom is 0.408 e. The number of aliphatic carboxylic acids is 1. The number of carbonyl (C=O) groups is 3. The lowest BCUT2D eigenvalue weighted by molar-refractivity contribution is -0.137. The van der Waals surface area contributed by atoms with Gasteiger partial charge in [-0.05, 0) is 30.5 Å². The molecule has 2 aromatic carbocycles. The van der Waals surface area contributed by atoms with Crippen molar-refractivity contribution in [3.63, 3.8) is 0 Å². The van der Waals surface area contributed by atoms with Crippen LogP contribution < -0.4 is 10.6 Å². The number of hydrogen-bond acceptors (Lipinski definition) is 5. The van der Waals surface area contributed by atoms with Crippen LogP contribution in [0.2, 0.25) is 0 Å². The average Bonchev–Trinajstić information content (AvgIpc) is 2.82. The fourth-order valence-corrected chi connectivity index (χ4v) is 3.40. The standard InChI is InChI=1S/C25H27N3O5/c29-22(30)15-6-2-5-13-21(28-25(32)33-17-18-9-3-1-4-10-18)24(31)27-20-14-7-11-19-12-8-16-26-23(19)20/h1,3-4,7-12,14,16,21H,2,5-6,13,15,17H2,(H,27,31)(H,28,32)(H,29,30)/t21-/m0/s1. The van der Waals surface area contributed by atoms with Crippen LogP contribution in [0.5, 0.6) is 0 Å². The molecule has 0 saturated carbocycles. The predicted molar refractivity (Wildman–Crippen MR) is 125 cm³/mol. The minimum Gasteiger partial charge on any atom is -0.481 e. The Balaban J connectivity index is 1.63. The quantitative estimate of drug-likeness (QED) is 0.371. The summed E-state index contributed by atoms with van der Waals surface area (Å²) in [5.41, 5.74) is 2.04. The summed E-state index contributed by atoms with van der Waals surface area (Å²) in [5, 5.41) is 15.2. The van der Waals surface area contributed by atoms with E-state index in [1.54, 1.807) is 12.3 Å². The Morgan fingerprint density at radius 3 is 2.52 bits per heavy atom. The lowest BCUT2D eigenvalue weighted by Gasteiger charge is -2.19. The van der Waals surface area contributed by atoms with Crippen LogP contribution in [-0.4, -0.2) is 34.1 Å². The molecule has 0 bridgehead atoms. The van der Waals surface area contributed by atoms with Gasteiger partial charge in [-0.1, -0.05) is 61.4 Å². The van der Waals surface area contributed by atoms with E-state index in [9.17, 15) is 14.4 Å². The van der Waals surface area contributed by atoms with Gasteiger partial charge in [-0.2, -0.15) is 0 Å². The number of hydrogen-bond donors (Lipinski definition) is 3. The third kappa shape index (κ3) is 7.60. The summed E-state index contributed by atoms with van der Waals surface area (Å²) in [5.74, 6) is -1.24. The Labute approximate surface area is 192 Å². The number of pyridine rings is 1. The van der Waals surface area contributed by atoms with Gasteiger partial charge in [0.15, 0.2) is 0 Å². The van der Waals surface area contributed by atoms with E-state index in [-0.39, 0.29) is 18.9 Å². The van der Waals surface area contributed by atoms with E-state index in [1.807, 2.05) is 54.6 Å². The number of nitrogens with zero attached hydrogens (tertiary/aromatic N) is 1. The van der Waals surface area contributed by atoms with E-state index in [4.69, 9.17) is 9.84 Å². The first kappa shape index (κ1) is 23.7. The van der Waals surface area contributed by atoms with Crippen LogP contribution in [-0.2, 0) is 20.9 Å². The van der Waals surface area contributed by atoms with Crippen molar-refractivity contribution in [2.24, 2.45) is 0 Å². The number of carboxylic acid groups (broad SMARTS) is 1. The molecule has 0 aliphatic carbocycles. The van der Waals surface area contributed by atoms with E-state index >= 15 is 0 Å². The smallest absolute Gasteiger partial charge is 0.408 e. The topological polar surface area (TPSA) is 118 Å². The second kappa shape index (κ2) is 12.2. The molecule has 2 amide bonds. The summed E-state index contributed by atoms with van der Waals surface area (Å²) in [7, 11) is 0. The van der Waals surface area contributed by atoms with Crippen LogP contribution in [0.3, 0.4) is 0 Å². The van der Waals surface area contributed by atoms with Gasteiger partial charge in [0, 0.05) is 18.0 Å². The van der Waals surface area contributed by atoms with Gasteiger partial charge < -0.3 is 20.5 Å². The molecule has 1 aromatic heterocycles. The number of fused-ring (bicyclic) bond motifs is 1. The number of carboxylic acids is 1. The number of amides is 2. The predicted octanol–water partition coefficient (Wildman–Crippen LogP) is 4.50. The number of anilines is 1. The van der Waals surface area contributed by atoms with Gasteiger partial charge in [0.05, 0.1) is 11.2 Å². The fraction of sp³-hybridized carbons (Fsp3) is 0.280. The number of carbonyl (C=O) groups excluding carboxylic acids is 2. The molecule has 0 aliphatic rings. The zero-order valence-corrected chi connectivity index (χ0v) is 18.2. The Bertz CT molecular complexity index is 1080. The van der Waals surface area contributed by atoms with Gasteiger partial charge in [-0.3, -0.25) is 14.6 Å². The minimum absolute atomic E-state index is 0.0745. The molecule has 0 saturated heterocycles. The summed E-state index contributed by atoms with van der Waals surface area (Å²) in [6, 6.07) is 17.6. The van der Waals surface area contributed by atoms with Crippen molar-refractivity contribution in [2.45, 2.75) is 44.8 Å². The van der Waals surface area contributed by atoms with Crippen LogP contribution in [0.1, 0.15) is 37.7 Å². The van der Waals surface area contributed by atoms with E-state index in [0.717, 1.165) is 10.9 Å². The first-order valence-electron chi connectivity index (χ1n) is 10.9. The molecule has 8 nitrogen and oxygen atoms in total. The van der Waals surface area contributed by atoms with Crippen LogP contribution >= 0.6 is 0 Å². The van der Waals surface area contributed by atoms with Gasteiger partial charge in [-0.25, -0.2) is 4.79 Å². The molecule has 8 heteroatoms. The Morgan fingerprint density at radius 2 is 1.73 bits per heavy atom. The van der Waals surface area contributed by atoms with Gasteiger partial charge in [-0.15, -0.1) is 0 Å². The van der Waals surface area contributed by atoms with E-state index in [0.29, 0.717) is 36.9 Å². The normalized spacial score (nSPS) is 11.5. The van der Waals surface area contributed by atoms with Crippen molar-refractivity contribution < 1.29 is 24.2 Å². The van der Waals surface area contributed by atoms with Crippen molar-refractivity contribution >= 4 is 34.6 Å². The Kier molecular flexibility index (Phi) is 8.76. The summed E-state index contributed by atoms with van der Waals surface area (Å²) in [6.07, 6.45) is 3.10. The highest BCUT2D eigenvalue weighted by Crippen LogP contribution is 2.21. The second-order valence-electron chi connectivity index (χ2n) is 7.62. The van der Waals surface area contributed by atoms with Gasteiger partial charge in [0.1, 0.15) is 12.6 Å². The molecule has 3 rings (SSSR count). The first-order valence-corrected chi connectivity index (χ1v) is 10.9. The van der Waals surface area contributed by atoms with Crippen LogP contribution in [0, 0.1) is 0 Å². The summed E-state index contributed by atoms with van der Waals surface area (Å²) < 4.78 is 5.27. The third-order valence-corrected chi connectivity index (χ3v) is 5.10. The Morgan fingerprint density at radius 1 is 0.939 bits per heavy atom. The molecule has 0 spiro atoms. The summed E-state index contributed by atoms with van der Waals surface area (Å²) >= 11 is 0. The number of ether oxygens (including phenoxy) is 1. The van der Waals surface area contributed by atoms with Gasteiger partial charge in [0.25, 0.3) is 0 Å². The SMILES string of the molecule is O=C(O)CCCCC[C@H](NC(=O)OCc1ccccc1)C(=O)Nc1cccc2cccnc12. The molecule has 33 heavy (non-hydrogen) atoms. The van der Waals surface area contributed by atoms with Crippen LogP contribution in [0.25, 0.3) is 10.9 Å². The molecule has 0 fully saturated rings. The number of para-hydroxylation sites is 1. The molecule has 3 aromatic rings. The number of alkyl carbamates (subject to hydrolysis) is 1. The molecule has 1 atom stereocenters. The van der Waals surface area contributed by atoms with Gasteiger partial charge in [0.2, 0.25) is 5.91 Å². The lowest BCUT2D eigenvalue weighted by Crippen LogP contribution is -2.44. The second-order valence-corrected chi connectivity index (χ2v) is 7.62. The number of unbranched alkanes of at least 4 members (excludes halogenated alkanes) is 2. The third-order valence-electron chi connectivity index (χ3n) is 5.10. The van der Waals surface area contributed by atoms with Crippen molar-refractivity contribution in [2.75, 3.05) is 5.32 Å². The zero-order chi connectivity index (χ0) is 23.5. The Hall–Kier alpha value is -3.94. The maximum absolute atomic E-state index is 13.0. The average molecular weight is 450 g/mol. The molecule has 0 unspecified atom stereocenters. The van der Waals surface area contributed by atoms with Crippen molar-refractivity contribution in [3.05, 3.63) is 72.4 Å². The monoisotopic (exact) mass is 449 g/mol. The number of benzene rings is 2. The highest BCUT2D eigenvalue weighted by molar-refractivity contribution is 6.03. The molecular weight excluding hydrogens is 422 g/mol. The molecule has 3 N–H and O–H groups in total. The highest BCUT2D eigenvalue weighted by Gasteiger charge is 2.22. The van der Waals surface area contributed by atoms with E-state index < -0.39 is 18.1 Å². The highest BCUT2D eigenvalue weighted by atomic mass is 16.5. The first-order chi connectivity index (χ1) is 16.0. The maximum atomic E-state index is 13.0. The molecule has 0 radical (unpaired) electrons. The molecule has 172 valence electrons. The molecule has 0 aliphatic heterocycles. The number of nitrogens with one attached hydrogen (secondary N) is 2. The van der Waals surface area contributed by atoms with Gasteiger partial charge >= 0.3 is 12.1 Å².